The molecule has 202 valence electrons. The average molecular weight is 526 g/mol. The predicted octanol–water partition coefficient (Wildman–Crippen LogP) is 4.97. The van der Waals surface area contributed by atoms with Crippen LogP contribution in [0.5, 0.6) is 6.01 Å². The van der Waals surface area contributed by atoms with Crippen molar-refractivity contribution in [1.29, 1.82) is 0 Å². The van der Waals surface area contributed by atoms with Gasteiger partial charge in [0.15, 0.2) is 0 Å². The smallest absolute Gasteiger partial charge is 0.319 e. The van der Waals surface area contributed by atoms with Gasteiger partial charge in [-0.15, -0.1) is 0 Å². The first-order valence-corrected chi connectivity index (χ1v) is 13.7. The van der Waals surface area contributed by atoms with Gasteiger partial charge in [0.2, 0.25) is 5.91 Å². The lowest BCUT2D eigenvalue weighted by Crippen LogP contribution is -2.48. The summed E-state index contributed by atoms with van der Waals surface area (Å²) in [5.41, 5.74) is 6.25. The molecule has 0 spiro atoms. The molecule has 4 heterocycles. The zero-order valence-electron chi connectivity index (χ0n) is 22.9. The van der Waals surface area contributed by atoms with E-state index in [0.29, 0.717) is 44.8 Å². The maximum absolute atomic E-state index is 12.2. The maximum Gasteiger partial charge on any atom is 0.319 e. The molecule has 4 aromatic rings. The molecular weight excluding hydrogens is 490 g/mol. The van der Waals surface area contributed by atoms with Crippen molar-refractivity contribution in [3.63, 3.8) is 0 Å². The van der Waals surface area contributed by atoms with Gasteiger partial charge in [-0.2, -0.15) is 9.97 Å². The molecular formula is C31H35N5O3. The summed E-state index contributed by atoms with van der Waals surface area (Å²) in [5, 5.41) is 1.91. The van der Waals surface area contributed by atoms with Crippen LogP contribution in [-0.4, -0.2) is 78.1 Å². The lowest BCUT2D eigenvalue weighted by molar-refractivity contribution is -0.126. The van der Waals surface area contributed by atoms with E-state index >= 15 is 0 Å². The summed E-state index contributed by atoms with van der Waals surface area (Å²) < 4.78 is 12.4. The molecule has 0 radical (unpaired) electrons. The fourth-order valence-electron chi connectivity index (χ4n) is 6.06. The molecule has 8 heteroatoms. The van der Waals surface area contributed by atoms with Gasteiger partial charge in [-0.3, -0.25) is 4.79 Å². The molecule has 0 aliphatic carbocycles. The monoisotopic (exact) mass is 525 g/mol. The van der Waals surface area contributed by atoms with Crippen molar-refractivity contribution in [3.8, 4) is 17.1 Å². The second-order valence-corrected chi connectivity index (χ2v) is 10.7. The van der Waals surface area contributed by atoms with E-state index in [1.54, 1.807) is 6.26 Å². The zero-order valence-corrected chi connectivity index (χ0v) is 22.9. The largest absolute Gasteiger partial charge is 0.463 e. The van der Waals surface area contributed by atoms with Crippen molar-refractivity contribution >= 4 is 33.6 Å². The minimum atomic E-state index is -0.0430. The minimum absolute atomic E-state index is 0.0430. The van der Waals surface area contributed by atoms with E-state index in [1.807, 2.05) is 11.0 Å². The molecule has 8 nitrogen and oxygen atoms in total. The van der Waals surface area contributed by atoms with Crippen LogP contribution < -0.4 is 9.64 Å². The lowest BCUT2D eigenvalue weighted by Gasteiger charge is -2.35. The Morgan fingerprint density at radius 2 is 1.90 bits per heavy atom. The third-order valence-electron chi connectivity index (χ3n) is 8.25. The van der Waals surface area contributed by atoms with Crippen molar-refractivity contribution in [3.05, 3.63) is 60.4 Å². The molecule has 2 aromatic carbocycles. The molecule has 0 bridgehead atoms. The second kappa shape index (κ2) is 10.3. The van der Waals surface area contributed by atoms with E-state index < -0.39 is 0 Å². The van der Waals surface area contributed by atoms with Crippen LogP contribution >= 0.6 is 0 Å². The number of piperazine rings is 1. The van der Waals surface area contributed by atoms with Gasteiger partial charge in [0.25, 0.3) is 0 Å². The number of aryl methyl sites for hydroxylation is 2. The molecule has 2 aromatic heterocycles. The van der Waals surface area contributed by atoms with Crippen molar-refractivity contribution < 1.29 is 13.9 Å². The number of fused-ring (bicyclic) bond motifs is 3. The summed E-state index contributed by atoms with van der Waals surface area (Å²) in [4.78, 5) is 28.5. The highest BCUT2D eigenvalue weighted by Crippen LogP contribution is 2.41. The average Bonchev–Trinajstić information content (AvgIpc) is 3.60. The first-order chi connectivity index (χ1) is 18.9. The molecule has 2 saturated heterocycles. The SMILES string of the molecule is C=CC(=O)N1CCN(c2nc(OC[C@@H]3CCCN3C)nc3cc(-c4c(C)cccc4C)c4ccoc4c23)CC1. The van der Waals surface area contributed by atoms with Crippen molar-refractivity contribution in [2.24, 2.45) is 0 Å². The Bertz CT molecular complexity index is 1530. The Hall–Kier alpha value is -3.91. The van der Waals surface area contributed by atoms with Gasteiger partial charge in [-0.05, 0) is 80.7 Å². The molecule has 6 rings (SSSR count). The van der Waals surface area contributed by atoms with Gasteiger partial charge < -0.3 is 23.9 Å². The molecule has 0 unspecified atom stereocenters. The van der Waals surface area contributed by atoms with Gasteiger partial charge in [0.05, 0.1) is 17.2 Å². The number of aromatic nitrogens is 2. The summed E-state index contributed by atoms with van der Waals surface area (Å²) in [6.07, 6.45) is 5.41. The van der Waals surface area contributed by atoms with Crippen LogP contribution in [0.2, 0.25) is 0 Å². The standard InChI is InChI=1S/C31H35N5O3/c1-5-26(37)35-13-15-36(16-14-35)30-28-25(32-31(33-30)39-19-22-10-7-12-34(22)4)18-24(23-11-17-38-29(23)28)27-20(2)8-6-9-21(27)3/h5-6,8-9,11,17-18,22H,1,7,10,12-16,19H2,2-4H3/t22-/m0/s1. The highest BCUT2D eigenvalue weighted by atomic mass is 16.5. The fraction of sp³-hybridized carbons (Fsp3) is 0.387. The maximum atomic E-state index is 12.2. The lowest BCUT2D eigenvalue weighted by atomic mass is 9.92. The molecule has 2 aliphatic heterocycles. The van der Waals surface area contributed by atoms with E-state index in [1.165, 1.54) is 29.2 Å². The zero-order chi connectivity index (χ0) is 27.1. The molecule has 0 saturated carbocycles. The summed E-state index contributed by atoms with van der Waals surface area (Å²) in [7, 11) is 2.14. The Labute approximate surface area is 228 Å². The highest BCUT2D eigenvalue weighted by molar-refractivity contribution is 6.14. The molecule has 0 N–H and O–H groups in total. The van der Waals surface area contributed by atoms with E-state index in [4.69, 9.17) is 19.1 Å². The van der Waals surface area contributed by atoms with Gasteiger partial charge >= 0.3 is 6.01 Å². The summed E-state index contributed by atoms with van der Waals surface area (Å²) >= 11 is 0. The van der Waals surface area contributed by atoms with Crippen LogP contribution in [0.1, 0.15) is 24.0 Å². The number of carbonyl (C=O) groups excluding carboxylic acids is 1. The number of hydrogen-bond acceptors (Lipinski definition) is 7. The normalized spacial score (nSPS) is 18.3. The Kier molecular flexibility index (Phi) is 6.73. The predicted molar refractivity (Wildman–Crippen MR) is 154 cm³/mol. The van der Waals surface area contributed by atoms with Crippen LogP contribution in [0.3, 0.4) is 0 Å². The van der Waals surface area contributed by atoms with Crippen LogP contribution in [0.4, 0.5) is 5.82 Å². The van der Waals surface area contributed by atoms with Crippen LogP contribution in [0, 0.1) is 13.8 Å². The summed E-state index contributed by atoms with van der Waals surface area (Å²) in [5.74, 6) is 0.743. The third-order valence-corrected chi connectivity index (χ3v) is 8.25. The molecule has 1 amide bonds. The number of amides is 1. The van der Waals surface area contributed by atoms with Crippen LogP contribution in [-0.2, 0) is 4.79 Å². The van der Waals surface area contributed by atoms with E-state index in [9.17, 15) is 4.79 Å². The van der Waals surface area contributed by atoms with Crippen molar-refractivity contribution in [2.45, 2.75) is 32.7 Å². The van der Waals surface area contributed by atoms with E-state index in [-0.39, 0.29) is 5.91 Å². The number of likely N-dealkylation sites (N-methyl/N-ethyl adjacent to an activating group) is 1. The molecule has 39 heavy (non-hydrogen) atoms. The van der Waals surface area contributed by atoms with Crippen molar-refractivity contribution in [2.75, 3.05) is 51.3 Å². The fourth-order valence-corrected chi connectivity index (χ4v) is 6.06. The number of anilines is 1. The first-order valence-electron chi connectivity index (χ1n) is 13.7. The van der Waals surface area contributed by atoms with E-state index in [0.717, 1.165) is 46.2 Å². The summed E-state index contributed by atoms with van der Waals surface area (Å²) in [6, 6.07) is 11.3. The Morgan fingerprint density at radius 1 is 1.13 bits per heavy atom. The Morgan fingerprint density at radius 3 is 2.59 bits per heavy atom. The molecule has 2 fully saturated rings. The van der Waals surface area contributed by atoms with Gasteiger partial charge in [-0.1, -0.05) is 24.8 Å². The van der Waals surface area contributed by atoms with Gasteiger partial charge in [0.1, 0.15) is 18.0 Å². The number of ether oxygens (including phenoxy) is 1. The van der Waals surface area contributed by atoms with Crippen LogP contribution in [0.25, 0.3) is 33.0 Å². The van der Waals surface area contributed by atoms with Gasteiger partial charge in [-0.25, -0.2) is 0 Å². The van der Waals surface area contributed by atoms with E-state index in [2.05, 4.69) is 61.5 Å². The van der Waals surface area contributed by atoms with Gasteiger partial charge in [0, 0.05) is 37.6 Å². The van der Waals surface area contributed by atoms with Crippen LogP contribution in [0.15, 0.2) is 53.7 Å². The number of benzene rings is 2. The molecule has 2 aliphatic rings. The number of rotatable bonds is 6. The second-order valence-electron chi connectivity index (χ2n) is 10.7. The number of carbonyl (C=O) groups is 1. The Balaban J connectivity index is 1.48. The number of furan rings is 1. The highest BCUT2D eigenvalue weighted by Gasteiger charge is 2.27. The number of likely N-dealkylation sites (tertiary alicyclic amines) is 1. The third kappa shape index (κ3) is 4.63. The molecule has 1 atom stereocenters. The first kappa shape index (κ1) is 25.4. The number of nitrogens with zero attached hydrogens (tertiary/aromatic N) is 5. The topological polar surface area (TPSA) is 74.9 Å². The number of hydrogen-bond donors (Lipinski definition) is 0. The minimum Gasteiger partial charge on any atom is -0.463 e. The quantitative estimate of drug-likeness (QED) is 0.329. The van der Waals surface area contributed by atoms with Crippen molar-refractivity contribution in [1.82, 2.24) is 19.8 Å². The summed E-state index contributed by atoms with van der Waals surface area (Å²) in [6.45, 7) is 12.1.